The lowest BCUT2D eigenvalue weighted by Gasteiger charge is -2.30. The van der Waals surface area contributed by atoms with Crippen LogP contribution in [-0.2, 0) is 10.0 Å². The second kappa shape index (κ2) is 6.36. The Balaban J connectivity index is 2.34. The highest BCUT2D eigenvalue weighted by Crippen LogP contribution is 2.30. The largest absolute Gasteiger partial charge is 0.494 e. The van der Waals surface area contributed by atoms with Crippen LogP contribution in [0.1, 0.15) is 37.8 Å². The molecule has 21 heavy (non-hydrogen) atoms. The molecule has 0 amide bonds. The second-order valence-electron chi connectivity index (χ2n) is 5.90. The molecule has 4 nitrogen and oxygen atoms in total. The Kier molecular flexibility index (Phi) is 4.94. The number of hydrogen-bond acceptors (Lipinski definition) is 3. The molecule has 0 saturated carbocycles. The zero-order chi connectivity index (χ0) is 15.6. The van der Waals surface area contributed by atoms with E-state index in [1.54, 1.807) is 10.4 Å². The predicted octanol–water partition coefficient (Wildman–Crippen LogP) is 3.12. The van der Waals surface area contributed by atoms with Crippen LogP contribution in [0.15, 0.2) is 17.0 Å². The Labute approximate surface area is 128 Å². The first-order valence-corrected chi connectivity index (χ1v) is 9.04. The molecule has 0 aromatic heterocycles. The third-order valence-electron chi connectivity index (χ3n) is 4.13. The summed E-state index contributed by atoms with van der Waals surface area (Å²) in [6, 6.07) is 3.58. The molecular formula is C16H25NO3S. The summed E-state index contributed by atoms with van der Waals surface area (Å²) in [6.45, 7) is 9.65. The van der Waals surface area contributed by atoms with Crippen LogP contribution in [0.25, 0.3) is 0 Å². The maximum atomic E-state index is 12.8. The minimum absolute atomic E-state index is 0.415. The van der Waals surface area contributed by atoms with E-state index in [2.05, 4.69) is 6.92 Å². The van der Waals surface area contributed by atoms with Crippen LogP contribution < -0.4 is 4.74 Å². The summed E-state index contributed by atoms with van der Waals surface area (Å²) >= 11 is 0. The van der Waals surface area contributed by atoms with Gasteiger partial charge < -0.3 is 4.74 Å². The predicted molar refractivity (Wildman–Crippen MR) is 84.2 cm³/mol. The zero-order valence-electron chi connectivity index (χ0n) is 13.3. The van der Waals surface area contributed by atoms with E-state index in [1.165, 1.54) is 0 Å². The van der Waals surface area contributed by atoms with Gasteiger partial charge in [-0.25, -0.2) is 8.42 Å². The smallest absolute Gasteiger partial charge is 0.243 e. The lowest BCUT2D eigenvalue weighted by atomic mass is 10.0. The molecule has 0 unspecified atom stereocenters. The molecule has 1 aliphatic rings. The summed E-state index contributed by atoms with van der Waals surface area (Å²) in [7, 11) is -3.39. The standard InChI is InChI=1S/C16H25NO3S/c1-5-20-15-10-14(4)16(11-13(15)3)21(18,19)17-8-6-12(2)7-9-17/h10-12H,5-9H2,1-4H3. The van der Waals surface area contributed by atoms with Crippen LogP contribution in [0.5, 0.6) is 5.75 Å². The molecule has 1 aromatic rings. The highest BCUT2D eigenvalue weighted by Gasteiger charge is 2.29. The SMILES string of the molecule is CCOc1cc(C)c(S(=O)(=O)N2CCC(C)CC2)cc1C. The fraction of sp³-hybridized carbons (Fsp3) is 0.625. The average molecular weight is 311 g/mol. The topological polar surface area (TPSA) is 46.6 Å². The van der Waals surface area contributed by atoms with Crippen LogP contribution in [0, 0.1) is 19.8 Å². The molecule has 1 heterocycles. The Morgan fingerprint density at radius 2 is 1.81 bits per heavy atom. The van der Waals surface area contributed by atoms with Gasteiger partial charge in [0.25, 0.3) is 0 Å². The van der Waals surface area contributed by atoms with Gasteiger partial charge >= 0.3 is 0 Å². The van der Waals surface area contributed by atoms with Crippen molar-refractivity contribution in [3.05, 3.63) is 23.3 Å². The van der Waals surface area contributed by atoms with Gasteiger partial charge in [-0.15, -0.1) is 0 Å². The lowest BCUT2D eigenvalue weighted by molar-refractivity contribution is 0.288. The summed E-state index contributed by atoms with van der Waals surface area (Å²) in [6.07, 6.45) is 1.88. The second-order valence-corrected chi connectivity index (χ2v) is 7.81. The Morgan fingerprint density at radius 3 is 2.38 bits per heavy atom. The molecular weight excluding hydrogens is 286 g/mol. The first kappa shape index (κ1) is 16.3. The van der Waals surface area contributed by atoms with Crippen LogP contribution in [0.4, 0.5) is 0 Å². The van der Waals surface area contributed by atoms with Crippen molar-refractivity contribution in [1.29, 1.82) is 0 Å². The molecule has 0 spiro atoms. The summed E-state index contributed by atoms with van der Waals surface area (Å²) in [5.41, 5.74) is 1.62. The van der Waals surface area contributed by atoms with E-state index in [4.69, 9.17) is 4.74 Å². The number of hydrogen-bond donors (Lipinski definition) is 0. The van der Waals surface area contributed by atoms with Crippen LogP contribution in [0.3, 0.4) is 0 Å². The van der Waals surface area contributed by atoms with Gasteiger partial charge in [0.1, 0.15) is 5.75 Å². The maximum Gasteiger partial charge on any atom is 0.243 e. The molecule has 1 aliphatic heterocycles. The van der Waals surface area contributed by atoms with E-state index < -0.39 is 10.0 Å². The van der Waals surface area contributed by atoms with Crippen molar-refractivity contribution >= 4 is 10.0 Å². The Hall–Kier alpha value is -1.07. The number of benzene rings is 1. The van der Waals surface area contributed by atoms with E-state index in [1.807, 2.05) is 26.8 Å². The molecule has 118 valence electrons. The molecule has 0 bridgehead atoms. The number of nitrogens with zero attached hydrogens (tertiary/aromatic N) is 1. The summed E-state index contributed by atoms with van der Waals surface area (Å²) in [5, 5.41) is 0. The molecule has 5 heteroatoms. The zero-order valence-corrected chi connectivity index (χ0v) is 14.2. The van der Waals surface area contributed by atoms with E-state index in [9.17, 15) is 8.42 Å². The molecule has 0 aliphatic carbocycles. The number of ether oxygens (including phenoxy) is 1. The molecule has 0 N–H and O–H groups in total. The minimum atomic E-state index is -3.39. The van der Waals surface area contributed by atoms with Crippen molar-refractivity contribution in [3.8, 4) is 5.75 Å². The van der Waals surface area contributed by atoms with Gasteiger partial charge in [0.15, 0.2) is 0 Å². The molecule has 2 rings (SSSR count). The number of rotatable bonds is 4. The fourth-order valence-corrected chi connectivity index (χ4v) is 4.48. The Bertz CT molecular complexity index is 602. The van der Waals surface area contributed by atoms with Gasteiger partial charge in [0, 0.05) is 13.1 Å². The summed E-state index contributed by atoms with van der Waals surface area (Å²) in [5.74, 6) is 1.38. The van der Waals surface area contributed by atoms with E-state index >= 15 is 0 Å². The number of sulfonamides is 1. The van der Waals surface area contributed by atoms with Crippen molar-refractivity contribution in [3.63, 3.8) is 0 Å². The quantitative estimate of drug-likeness (QED) is 0.858. The third kappa shape index (κ3) is 3.40. The molecule has 0 radical (unpaired) electrons. The normalized spacial score (nSPS) is 17.9. The van der Waals surface area contributed by atoms with Crippen molar-refractivity contribution in [2.45, 2.75) is 45.4 Å². The van der Waals surface area contributed by atoms with E-state index in [0.717, 1.165) is 29.7 Å². The summed E-state index contributed by atoms with van der Waals surface area (Å²) < 4.78 is 32.8. The van der Waals surface area contributed by atoms with Gasteiger partial charge in [0.2, 0.25) is 10.0 Å². The maximum absolute atomic E-state index is 12.8. The average Bonchev–Trinajstić information content (AvgIpc) is 2.43. The van der Waals surface area contributed by atoms with Crippen LogP contribution in [-0.4, -0.2) is 32.4 Å². The molecule has 1 saturated heterocycles. The number of piperidine rings is 1. The first-order valence-electron chi connectivity index (χ1n) is 7.60. The fourth-order valence-electron chi connectivity index (χ4n) is 2.72. The highest BCUT2D eigenvalue weighted by atomic mass is 32.2. The highest BCUT2D eigenvalue weighted by molar-refractivity contribution is 7.89. The van der Waals surface area contributed by atoms with Gasteiger partial charge in [-0.2, -0.15) is 4.31 Å². The van der Waals surface area contributed by atoms with Crippen molar-refractivity contribution in [2.75, 3.05) is 19.7 Å². The Morgan fingerprint density at radius 1 is 1.19 bits per heavy atom. The monoisotopic (exact) mass is 311 g/mol. The van der Waals surface area contributed by atoms with Gasteiger partial charge in [-0.05, 0) is 62.8 Å². The van der Waals surface area contributed by atoms with Gasteiger partial charge in [0.05, 0.1) is 11.5 Å². The minimum Gasteiger partial charge on any atom is -0.494 e. The van der Waals surface area contributed by atoms with Gasteiger partial charge in [-0.1, -0.05) is 6.92 Å². The van der Waals surface area contributed by atoms with Crippen molar-refractivity contribution in [1.82, 2.24) is 4.31 Å². The van der Waals surface area contributed by atoms with Crippen LogP contribution >= 0.6 is 0 Å². The molecule has 1 aromatic carbocycles. The third-order valence-corrected chi connectivity index (χ3v) is 6.17. The molecule has 1 fully saturated rings. The van der Waals surface area contributed by atoms with Crippen molar-refractivity contribution in [2.24, 2.45) is 5.92 Å². The summed E-state index contributed by atoms with van der Waals surface area (Å²) in [4.78, 5) is 0.415. The molecule has 0 atom stereocenters. The number of aryl methyl sites for hydroxylation is 2. The lowest BCUT2D eigenvalue weighted by Crippen LogP contribution is -2.38. The van der Waals surface area contributed by atoms with E-state index in [-0.39, 0.29) is 0 Å². The van der Waals surface area contributed by atoms with Crippen molar-refractivity contribution < 1.29 is 13.2 Å². The first-order chi connectivity index (χ1) is 9.86. The van der Waals surface area contributed by atoms with Crippen LogP contribution in [0.2, 0.25) is 0 Å². The van der Waals surface area contributed by atoms with Gasteiger partial charge in [-0.3, -0.25) is 0 Å². The van der Waals surface area contributed by atoms with E-state index in [0.29, 0.717) is 30.5 Å².